The van der Waals surface area contributed by atoms with Gasteiger partial charge in [-0.05, 0) is 47.5 Å². The van der Waals surface area contributed by atoms with Crippen molar-refractivity contribution in [2.24, 2.45) is 0 Å². The molecular weight excluding hydrogens is 390 g/mol. The predicted octanol–water partition coefficient (Wildman–Crippen LogP) is 7.25. The Labute approximate surface area is 184 Å². The van der Waals surface area contributed by atoms with Crippen molar-refractivity contribution in [3.05, 3.63) is 115 Å². The summed E-state index contributed by atoms with van der Waals surface area (Å²) in [5, 5.41) is 2.46. The van der Waals surface area contributed by atoms with E-state index < -0.39 is 0 Å². The molecule has 32 heavy (non-hydrogen) atoms. The fourth-order valence-electron chi connectivity index (χ4n) is 4.87. The standard InChI is InChI=1S/C29H19N3/c1-2-8-20(9-3-1)21-14-16-22(17-15-21)32-26-12-6-4-10-23(26)24-18-19-31-27-13-7-5-11-25(27)30-29(31)28(24)32/h1-19H. The van der Waals surface area contributed by atoms with E-state index in [0.717, 1.165) is 27.9 Å². The largest absolute Gasteiger partial charge is 0.306 e. The number of imidazole rings is 1. The van der Waals surface area contributed by atoms with Crippen LogP contribution < -0.4 is 0 Å². The number of hydrogen-bond donors (Lipinski definition) is 0. The van der Waals surface area contributed by atoms with Gasteiger partial charge in [0.2, 0.25) is 0 Å². The molecule has 0 saturated heterocycles. The summed E-state index contributed by atoms with van der Waals surface area (Å²) in [6.07, 6.45) is 2.14. The van der Waals surface area contributed by atoms with E-state index in [1.807, 2.05) is 6.07 Å². The average Bonchev–Trinajstić information content (AvgIpc) is 3.41. The first-order valence-electron chi connectivity index (χ1n) is 10.8. The lowest BCUT2D eigenvalue weighted by Crippen LogP contribution is -1.96. The van der Waals surface area contributed by atoms with Crippen molar-refractivity contribution in [1.29, 1.82) is 0 Å². The first-order valence-corrected chi connectivity index (χ1v) is 10.8. The normalized spacial score (nSPS) is 11.8. The van der Waals surface area contributed by atoms with Gasteiger partial charge in [-0.3, -0.25) is 4.40 Å². The zero-order chi connectivity index (χ0) is 21.1. The topological polar surface area (TPSA) is 22.2 Å². The minimum atomic E-state index is 0.979. The molecule has 3 nitrogen and oxygen atoms in total. The highest BCUT2D eigenvalue weighted by molar-refractivity contribution is 6.14. The van der Waals surface area contributed by atoms with Crippen LogP contribution in [0.4, 0.5) is 0 Å². The number of pyridine rings is 1. The van der Waals surface area contributed by atoms with Crippen LogP contribution in [0.1, 0.15) is 0 Å². The molecule has 7 aromatic rings. The summed E-state index contributed by atoms with van der Waals surface area (Å²) >= 11 is 0. The van der Waals surface area contributed by atoms with Crippen LogP contribution in [-0.2, 0) is 0 Å². The van der Waals surface area contributed by atoms with Crippen LogP contribution >= 0.6 is 0 Å². The number of nitrogens with zero attached hydrogens (tertiary/aromatic N) is 3. The van der Waals surface area contributed by atoms with E-state index in [-0.39, 0.29) is 0 Å². The molecule has 7 rings (SSSR count). The molecule has 3 heterocycles. The second kappa shape index (κ2) is 6.56. The molecule has 0 radical (unpaired) electrons. The third-order valence-electron chi connectivity index (χ3n) is 6.34. The highest BCUT2D eigenvalue weighted by Gasteiger charge is 2.17. The molecule has 0 atom stereocenters. The van der Waals surface area contributed by atoms with Crippen LogP contribution in [0.25, 0.3) is 55.3 Å². The molecule has 3 heteroatoms. The first-order chi connectivity index (χ1) is 15.9. The summed E-state index contributed by atoms with van der Waals surface area (Å²) in [6, 6.07) is 38.5. The highest BCUT2D eigenvalue weighted by atomic mass is 15.1. The Balaban J connectivity index is 1.57. The molecule has 0 aliphatic carbocycles. The fourth-order valence-corrected chi connectivity index (χ4v) is 4.87. The maximum atomic E-state index is 5.03. The van der Waals surface area contributed by atoms with E-state index >= 15 is 0 Å². The summed E-state index contributed by atoms with van der Waals surface area (Å²) in [5.41, 5.74) is 9.02. The minimum absolute atomic E-state index is 0.979. The maximum absolute atomic E-state index is 5.03. The SMILES string of the molecule is c1ccc(-c2ccc(-n3c4ccccc4c4ccn5c6ccccc6nc5c43)cc2)cc1. The lowest BCUT2D eigenvalue weighted by atomic mass is 10.1. The number of fused-ring (bicyclic) bond motifs is 7. The Kier molecular flexibility index (Phi) is 3.55. The van der Waals surface area contributed by atoms with Crippen LogP contribution in [0, 0.1) is 0 Å². The predicted molar refractivity (Wildman–Crippen MR) is 132 cm³/mol. The number of hydrogen-bond acceptors (Lipinski definition) is 1. The zero-order valence-electron chi connectivity index (χ0n) is 17.3. The Morgan fingerprint density at radius 3 is 2.06 bits per heavy atom. The lowest BCUT2D eigenvalue weighted by molar-refractivity contribution is 1.16. The minimum Gasteiger partial charge on any atom is -0.306 e. The Bertz CT molecular complexity index is 1750. The molecule has 0 amide bonds. The van der Waals surface area contributed by atoms with Crippen LogP contribution in [0.15, 0.2) is 115 Å². The summed E-state index contributed by atoms with van der Waals surface area (Å²) in [4.78, 5) is 5.03. The first kappa shape index (κ1) is 17.3. The van der Waals surface area contributed by atoms with Gasteiger partial charge in [0.15, 0.2) is 5.65 Å². The molecule has 150 valence electrons. The summed E-state index contributed by atoms with van der Waals surface area (Å²) in [7, 11) is 0. The van der Waals surface area contributed by atoms with Gasteiger partial charge in [0, 0.05) is 22.7 Å². The molecule has 0 aliphatic rings. The zero-order valence-corrected chi connectivity index (χ0v) is 17.3. The molecule has 0 spiro atoms. The molecule has 0 N–H and O–H groups in total. The summed E-state index contributed by atoms with van der Waals surface area (Å²) < 4.78 is 4.55. The molecule has 4 aromatic carbocycles. The van der Waals surface area contributed by atoms with E-state index in [0.29, 0.717) is 0 Å². The van der Waals surface area contributed by atoms with E-state index in [1.54, 1.807) is 0 Å². The van der Waals surface area contributed by atoms with Gasteiger partial charge in [0.1, 0.15) is 0 Å². The van der Waals surface area contributed by atoms with Crippen LogP contribution in [0.5, 0.6) is 0 Å². The van der Waals surface area contributed by atoms with E-state index in [9.17, 15) is 0 Å². The molecule has 0 fully saturated rings. The van der Waals surface area contributed by atoms with Gasteiger partial charge in [0.05, 0.1) is 22.1 Å². The van der Waals surface area contributed by atoms with Crippen LogP contribution in [0.2, 0.25) is 0 Å². The van der Waals surface area contributed by atoms with Crippen LogP contribution in [0.3, 0.4) is 0 Å². The number of para-hydroxylation sites is 3. The Hall–Kier alpha value is -4.37. The molecule has 0 unspecified atom stereocenters. The van der Waals surface area contributed by atoms with Crippen molar-refractivity contribution in [3.8, 4) is 16.8 Å². The van der Waals surface area contributed by atoms with Gasteiger partial charge in [-0.2, -0.15) is 0 Å². The van der Waals surface area contributed by atoms with Crippen molar-refractivity contribution >= 4 is 38.5 Å². The lowest BCUT2D eigenvalue weighted by Gasteiger charge is -2.10. The summed E-state index contributed by atoms with van der Waals surface area (Å²) in [5.74, 6) is 0. The monoisotopic (exact) mass is 409 g/mol. The number of benzene rings is 4. The van der Waals surface area contributed by atoms with E-state index in [1.165, 1.54) is 27.4 Å². The van der Waals surface area contributed by atoms with Crippen molar-refractivity contribution < 1.29 is 0 Å². The van der Waals surface area contributed by atoms with Gasteiger partial charge in [0.25, 0.3) is 0 Å². The third-order valence-corrected chi connectivity index (χ3v) is 6.34. The summed E-state index contributed by atoms with van der Waals surface area (Å²) in [6.45, 7) is 0. The molecule has 0 saturated carbocycles. The quantitative estimate of drug-likeness (QED) is 0.295. The smallest absolute Gasteiger partial charge is 0.162 e. The third kappa shape index (κ3) is 2.39. The van der Waals surface area contributed by atoms with Crippen molar-refractivity contribution in [1.82, 2.24) is 14.0 Å². The van der Waals surface area contributed by atoms with Crippen molar-refractivity contribution in [2.75, 3.05) is 0 Å². The molecular formula is C29H19N3. The second-order valence-corrected chi connectivity index (χ2v) is 8.14. The van der Waals surface area contributed by atoms with E-state index in [2.05, 4.69) is 118 Å². The number of aromatic nitrogens is 3. The second-order valence-electron chi connectivity index (χ2n) is 8.14. The molecule has 0 aliphatic heterocycles. The molecule has 0 bridgehead atoms. The van der Waals surface area contributed by atoms with Crippen LogP contribution in [-0.4, -0.2) is 14.0 Å². The van der Waals surface area contributed by atoms with Gasteiger partial charge in [-0.15, -0.1) is 0 Å². The van der Waals surface area contributed by atoms with E-state index in [4.69, 9.17) is 4.98 Å². The number of rotatable bonds is 2. The van der Waals surface area contributed by atoms with Gasteiger partial charge >= 0.3 is 0 Å². The Morgan fingerprint density at radius 2 is 1.22 bits per heavy atom. The average molecular weight is 409 g/mol. The van der Waals surface area contributed by atoms with Gasteiger partial charge in [-0.1, -0.05) is 72.8 Å². The Morgan fingerprint density at radius 1 is 0.531 bits per heavy atom. The van der Waals surface area contributed by atoms with Gasteiger partial charge in [-0.25, -0.2) is 4.98 Å². The molecule has 3 aromatic heterocycles. The van der Waals surface area contributed by atoms with Gasteiger partial charge < -0.3 is 4.57 Å². The maximum Gasteiger partial charge on any atom is 0.162 e. The van der Waals surface area contributed by atoms with Crippen molar-refractivity contribution in [3.63, 3.8) is 0 Å². The highest BCUT2D eigenvalue weighted by Crippen LogP contribution is 2.35. The fraction of sp³-hybridized carbons (Fsp3) is 0. The van der Waals surface area contributed by atoms with Crippen molar-refractivity contribution in [2.45, 2.75) is 0 Å².